The van der Waals surface area contributed by atoms with Crippen molar-refractivity contribution in [2.75, 3.05) is 11.4 Å². The van der Waals surface area contributed by atoms with Gasteiger partial charge < -0.3 is 14.1 Å². The Kier molecular flexibility index (Phi) is 4.91. The van der Waals surface area contributed by atoms with Gasteiger partial charge in [-0.25, -0.2) is 0 Å². The van der Waals surface area contributed by atoms with Crippen LogP contribution < -0.4 is 9.64 Å². The molecule has 0 spiro atoms. The maximum Gasteiger partial charge on any atom is 0.573 e. The number of alkyl halides is 3. The van der Waals surface area contributed by atoms with Gasteiger partial charge in [-0.15, -0.1) is 23.4 Å². The molecule has 150 valence electrons. The topological polar surface area (TPSA) is 68.5 Å². The third-order valence-electron chi connectivity index (χ3n) is 4.39. The van der Waals surface area contributed by atoms with Gasteiger partial charge in [0.05, 0.1) is 5.92 Å². The van der Waals surface area contributed by atoms with Crippen molar-refractivity contribution in [2.45, 2.75) is 18.7 Å². The Labute approximate surface area is 167 Å². The standard InChI is InChI=1S/C19H13ClF3N3O3/c20-13-3-5-14(6-4-13)26-10-12(9-16(26)27)18-25-24-17(28-18)11-1-7-15(8-2-11)29-19(21,22)23/h1-8,12H,9-10H2. The number of hydrogen-bond acceptors (Lipinski definition) is 5. The molecule has 10 heteroatoms. The van der Waals surface area contributed by atoms with E-state index in [-0.39, 0.29) is 29.9 Å². The van der Waals surface area contributed by atoms with Gasteiger partial charge in [-0.1, -0.05) is 11.6 Å². The highest BCUT2D eigenvalue weighted by Gasteiger charge is 2.35. The molecular weight excluding hydrogens is 411 g/mol. The van der Waals surface area contributed by atoms with Crippen molar-refractivity contribution in [2.24, 2.45) is 0 Å². The Morgan fingerprint density at radius 3 is 2.41 bits per heavy atom. The van der Waals surface area contributed by atoms with Crippen LogP contribution in [0.3, 0.4) is 0 Å². The molecule has 1 aromatic heterocycles. The lowest BCUT2D eigenvalue weighted by Gasteiger charge is -2.16. The van der Waals surface area contributed by atoms with E-state index in [4.69, 9.17) is 16.0 Å². The SMILES string of the molecule is O=C1CC(c2nnc(-c3ccc(OC(F)(F)F)cc3)o2)CN1c1ccc(Cl)cc1. The van der Waals surface area contributed by atoms with Crippen LogP contribution in [-0.4, -0.2) is 29.0 Å². The summed E-state index contributed by atoms with van der Waals surface area (Å²) in [4.78, 5) is 14.0. The molecule has 4 rings (SSSR count). The molecular formula is C19H13ClF3N3O3. The number of ether oxygens (including phenoxy) is 1. The molecule has 6 nitrogen and oxygen atoms in total. The van der Waals surface area contributed by atoms with E-state index in [0.717, 1.165) is 17.8 Å². The Morgan fingerprint density at radius 2 is 1.76 bits per heavy atom. The fraction of sp³-hybridized carbons (Fsp3) is 0.211. The molecule has 0 bridgehead atoms. The summed E-state index contributed by atoms with van der Waals surface area (Å²) >= 11 is 5.88. The highest BCUT2D eigenvalue weighted by Crippen LogP contribution is 2.33. The van der Waals surface area contributed by atoms with Crippen molar-refractivity contribution in [1.82, 2.24) is 10.2 Å². The lowest BCUT2D eigenvalue weighted by molar-refractivity contribution is -0.274. The van der Waals surface area contributed by atoms with E-state index in [0.29, 0.717) is 23.0 Å². The number of anilines is 1. The van der Waals surface area contributed by atoms with Gasteiger partial charge in [0.15, 0.2) is 0 Å². The number of carbonyl (C=O) groups is 1. The quantitative estimate of drug-likeness (QED) is 0.602. The molecule has 0 N–H and O–H groups in total. The third kappa shape index (κ3) is 4.34. The molecule has 1 amide bonds. The lowest BCUT2D eigenvalue weighted by Crippen LogP contribution is -2.24. The third-order valence-corrected chi connectivity index (χ3v) is 4.64. The molecule has 1 atom stereocenters. The van der Waals surface area contributed by atoms with E-state index < -0.39 is 6.36 Å². The van der Waals surface area contributed by atoms with Gasteiger partial charge in [0, 0.05) is 29.2 Å². The van der Waals surface area contributed by atoms with Crippen LogP contribution in [0.4, 0.5) is 18.9 Å². The minimum atomic E-state index is -4.76. The Balaban J connectivity index is 1.48. The fourth-order valence-corrected chi connectivity index (χ4v) is 3.18. The normalized spacial score (nSPS) is 17.0. The average Bonchev–Trinajstić information content (AvgIpc) is 3.29. The number of carbonyl (C=O) groups excluding carboxylic acids is 1. The second-order valence-electron chi connectivity index (χ2n) is 6.40. The molecule has 1 fully saturated rings. The number of benzene rings is 2. The van der Waals surface area contributed by atoms with Crippen LogP contribution in [0.2, 0.25) is 5.02 Å². The molecule has 1 unspecified atom stereocenters. The maximum atomic E-state index is 12.4. The first-order valence-corrected chi connectivity index (χ1v) is 8.92. The largest absolute Gasteiger partial charge is 0.573 e. The molecule has 0 aliphatic carbocycles. The summed E-state index contributed by atoms with van der Waals surface area (Å²) in [5.41, 5.74) is 1.17. The smallest absolute Gasteiger partial charge is 0.420 e. The van der Waals surface area contributed by atoms with Crippen LogP contribution in [0.5, 0.6) is 5.75 Å². The number of nitrogens with zero attached hydrogens (tertiary/aromatic N) is 3. The molecule has 0 saturated carbocycles. The van der Waals surface area contributed by atoms with Crippen molar-refractivity contribution in [1.29, 1.82) is 0 Å². The molecule has 29 heavy (non-hydrogen) atoms. The first kappa shape index (κ1) is 19.3. The summed E-state index contributed by atoms with van der Waals surface area (Å²) in [6.07, 6.45) is -4.55. The van der Waals surface area contributed by atoms with Crippen LogP contribution in [0, 0.1) is 0 Å². The number of hydrogen-bond donors (Lipinski definition) is 0. The Hall–Kier alpha value is -3.07. The van der Waals surface area contributed by atoms with Gasteiger partial charge in [-0.2, -0.15) is 0 Å². The van der Waals surface area contributed by atoms with E-state index in [1.54, 1.807) is 29.2 Å². The number of halogens is 4. The molecule has 2 heterocycles. The molecule has 1 aliphatic heterocycles. The van der Waals surface area contributed by atoms with Crippen LogP contribution in [-0.2, 0) is 4.79 Å². The minimum absolute atomic E-state index is 0.0780. The predicted molar refractivity (Wildman–Crippen MR) is 97.6 cm³/mol. The fourth-order valence-electron chi connectivity index (χ4n) is 3.06. The van der Waals surface area contributed by atoms with Crippen molar-refractivity contribution < 1.29 is 27.1 Å². The van der Waals surface area contributed by atoms with E-state index in [9.17, 15) is 18.0 Å². The van der Waals surface area contributed by atoms with Gasteiger partial charge >= 0.3 is 6.36 Å². The zero-order chi connectivity index (χ0) is 20.6. The predicted octanol–water partition coefficient (Wildman–Crippen LogP) is 4.81. The number of rotatable bonds is 4. The van der Waals surface area contributed by atoms with Crippen molar-refractivity contribution >= 4 is 23.2 Å². The monoisotopic (exact) mass is 423 g/mol. The summed E-state index contributed by atoms with van der Waals surface area (Å²) in [5, 5.41) is 8.52. The molecule has 1 aliphatic rings. The number of aromatic nitrogens is 2. The van der Waals surface area contributed by atoms with Crippen LogP contribution in [0.1, 0.15) is 18.2 Å². The average molecular weight is 424 g/mol. The highest BCUT2D eigenvalue weighted by atomic mass is 35.5. The van der Waals surface area contributed by atoms with Gasteiger partial charge in [-0.05, 0) is 48.5 Å². The second-order valence-corrected chi connectivity index (χ2v) is 6.84. The van der Waals surface area contributed by atoms with Gasteiger partial charge in [0.2, 0.25) is 17.7 Å². The first-order chi connectivity index (χ1) is 13.8. The Morgan fingerprint density at radius 1 is 1.07 bits per heavy atom. The molecule has 0 radical (unpaired) electrons. The summed E-state index contributed by atoms with van der Waals surface area (Å²) in [6.45, 7) is 0.375. The van der Waals surface area contributed by atoms with Gasteiger partial charge in [0.25, 0.3) is 0 Å². The summed E-state index contributed by atoms with van der Waals surface area (Å²) in [6, 6.07) is 12.0. The second kappa shape index (κ2) is 7.40. The first-order valence-electron chi connectivity index (χ1n) is 8.54. The Bertz CT molecular complexity index is 1020. The summed E-state index contributed by atoms with van der Waals surface area (Å²) in [5.74, 6) is -0.268. The van der Waals surface area contributed by atoms with Crippen LogP contribution >= 0.6 is 11.6 Å². The summed E-state index contributed by atoms with van der Waals surface area (Å²) in [7, 11) is 0. The van der Waals surface area contributed by atoms with Crippen LogP contribution in [0.15, 0.2) is 52.9 Å². The maximum absolute atomic E-state index is 12.4. The van der Waals surface area contributed by atoms with E-state index in [2.05, 4.69) is 14.9 Å². The lowest BCUT2D eigenvalue weighted by atomic mass is 10.1. The molecule has 2 aromatic carbocycles. The van der Waals surface area contributed by atoms with E-state index in [1.165, 1.54) is 12.1 Å². The van der Waals surface area contributed by atoms with Crippen molar-refractivity contribution in [3.63, 3.8) is 0 Å². The van der Waals surface area contributed by atoms with E-state index in [1.807, 2.05) is 0 Å². The van der Waals surface area contributed by atoms with Crippen molar-refractivity contribution in [3.8, 4) is 17.2 Å². The van der Waals surface area contributed by atoms with Gasteiger partial charge in [0.1, 0.15) is 5.75 Å². The molecule has 1 saturated heterocycles. The zero-order valence-electron chi connectivity index (χ0n) is 14.7. The van der Waals surface area contributed by atoms with Gasteiger partial charge in [-0.3, -0.25) is 4.79 Å². The van der Waals surface area contributed by atoms with Crippen molar-refractivity contribution in [3.05, 3.63) is 59.4 Å². The summed E-state index contributed by atoms with van der Waals surface area (Å²) < 4.78 is 46.2. The van der Waals surface area contributed by atoms with E-state index >= 15 is 0 Å². The highest BCUT2D eigenvalue weighted by molar-refractivity contribution is 6.30. The van der Waals surface area contributed by atoms with Crippen LogP contribution in [0.25, 0.3) is 11.5 Å². The minimum Gasteiger partial charge on any atom is -0.420 e. The zero-order valence-corrected chi connectivity index (χ0v) is 15.4. The number of amides is 1. The molecule has 3 aromatic rings.